The minimum Gasteiger partial charge on any atom is -0.362 e. The first kappa shape index (κ1) is 12.7. The molecule has 0 fully saturated rings. The van der Waals surface area contributed by atoms with Gasteiger partial charge in [0.2, 0.25) is 0 Å². The SMILES string of the molecule is Cc1nocc1Nc1cccc(-c2cccc(Cl)c2)n1. The second-order valence-electron chi connectivity index (χ2n) is 4.36. The Hall–Kier alpha value is -2.33. The molecule has 0 radical (unpaired) electrons. The number of halogens is 1. The van der Waals surface area contributed by atoms with Gasteiger partial charge in [0.05, 0.1) is 5.69 Å². The van der Waals surface area contributed by atoms with Crippen molar-refractivity contribution in [2.75, 3.05) is 5.32 Å². The van der Waals surface area contributed by atoms with Crippen LogP contribution in [0.2, 0.25) is 5.02 Å². The van der Waals surface area contributed by atoms with Crippen LogP contribution in [-0.2, 0) is 0 Å². The summed E-state index contributed by atoms with van der Waals surface area (Å²) in [4.78, 5) is 4.56. The average Bonchev–Trinajstić information content (AvgIpc) is 2.85. The maximum absolute atomic E-state index is 6.01. The Balaban J connectivity index is 1.92. The van der Waals surface area contributed by atoms with Crippen LogP contribution in [-0.4, -0.2) is 10.1 Å². The van der Waals surface area contributed by atoms with Crippen LogP contribution in [0.5, 0.6) is 0 Å². The zero-order chi connectivity index (χ0) is 13.9. The molecule has 3 rings (SSSR count). The molecule has 1 aromatic carbocycles. The van der Waals surface area contributed by atoms with Crippen molar-refractivity contribution in [2.45, 2.75) is 6.92 Å². The zero-order valence-corrected chi connectivity index (χ0v) is 11.6. The fourth-order valence-corrected chi connectivity index (χ4v) is 2.05. The summed E-state index contributed by atoms with van der Waals surface area (Å²) in [6, 6.07) is 13.4. The highest BCUT2D eigenvalue weighted by Gasteiger charge is 2.05. The van der Waals surface area contributed by atoms with Gasteiger partial charge < -0.3 is 9.84 Å². The van der Waals surface area contributed by atoms with Crippen molar-refractivity contribution in [1.29, 1.82) is 0 Å². The predicted octanol–water partition coefficient (Wildman–Crippen LogP) is 4.44. The Kier molecular flexibility index (Phi) is 3.39. The molecule has 4 nitrogen and oxygen atoms in total. The van der Waals surface area contributed by atoms with E-state index >= 15 is 0 Å². The summed E-state index contributed by atoms with van der Waals surface area (Å²) >= 11 is 6.01. The van der Waals surface area contributed by atoms with Gasteiger partial charge in [-0.3, -0.25) is 0 Å². The molecule has 3 aromatic rings. The number of pyridine rings is 1. The monoisotopic (exact) mass is 285 g/mol. The van der Waals surface area contributed by atoms with Crippen LogP contribution in [0, 0.1) is 6.92 Å². The lowest BCUT2D eigenvalue weighted by atomic mass is 10.1. The highest BCUT2D eigenvalue weighted by Crippen LogP contribution is 2.24. The summed E-state index contributed by atoms with van der Waals surface area (Å²) in [5, 5.41) is 7.69. The number of aromatic nitrogens is 2. The van der Waals surface area contributed by atoms with E-state index in [0.29, 0.717) is 5.02 Å². The second kappa shape index (κ2) is 5.35. The summed E-state index contributed by atoms with van der Waals surface area (Å²) in [5.74, 6) is 0.730. The normalized spacial score (nSPS) is 10.5. The van der Waals surface area contributed by atoms with Crippen molar-refractivity contribution < 1.29 is 4.52 Å². The van der Waals surface area contributed by atoms with E-state index in [9.17, 15) is 0 Å². The Labute approximate surface area is 121 Å². The van der Waals surface area contributed by atoms with Crippen LogP contribution >= 0.6 is 11.6 Å². The molecular weight excluding hydrogens is 274 g/mol. The summed E-state index contributed by atoms with van der Waals surface area (Å²) in [6.07, 6.45) is 1.56. The fraction of sp³-hybridized carbons (Fsp3) is 0.0667. The standard InChI is InChI=1S/C15H12ClN3O/c1-10-14(9-20-19-10)18-15-7-3-6-13(17-15)11-4-2-5-12(16)8-11/h2-9H,1H3,(H,17,18). The molecule has 100 valence electrons. The van der Waals surface area contributed by atoms with Crippen LogP contribution < -0.4 is 5.32 Å². The molecule has 2 heterocycles. The number of aryl methyl sites for hydroxylation is 1. The molecule has 0 saturated heterocycles. The van der Waals surface area contributed by atoms with Gasteiger partial charge in [-0.15, -0.1) is 0 Å². The molecule has 0 aliphatic heterocycles. The van der Waals surface area contributed by atoms with E-state index in [2.05, 4.69) is 15.5 Å². The van der Waals surface area contributed by atoms with Gasteiger partial charge in [-0.05, 0) is 31.2 Å². The van der Waals surface area contributed by atoms with Crippen molar-refractivity contribution >= 4 is 23.1 Å². The minimum atomic E-state index is 0.692. The van der Waals surface area contributed by atoms with Crippen LogP contribution in [0.4, 0.5) is 11.5 Å². The molecule has 0 saturated carbocycles. The molecule has 0 atom stereocenters. The molecule has 0 unspecified atom stereocenters. The zero-order valence-electron chi connectivity index (χ0n) is 10.8. The molecule has 0 aliphatic carbocycles. The highest BCUT2D eigenvalue weighted by atomic mass is 35.5. The Morgan fingerprint density at radius 2 is 2.00 bits per heavy atom. The number of nitrogens with zero attached hydrogens (tertiary/aromatic N) is 2. The topological polar surface area (TPSA) is 51.0 Å². The number of hydrogen-bond acceptors (Lipinski definition) is 4. The van der Waals surface area contributed by atoms with E-state index in [1.807, 2.05) is 49.4 Å². The van der Waals surface area contributed by atoms with Crippen LogP contribution in [0.1, 0.15) is 5.69 Å². The van der Waals surface area contributed by atoms with Crippen LogP contribution in [0.15, 0.2) is 53.3 Å². The molecule has 0 amide bonds. The highest BCUT2D eigenvalue weighted by molar-refractivity contribution is 6.30. The first-order chi connectivity index (χ1) is 9.72. The van der Waals surface area contributed by atoms with Gasteiger partial charge in [0.25, 0.3) is 0 Å². The summed E-state index contributed by atoms with van der Waals surface area (Å²) in [5.41, 5.74) is 3.43. The number of rotatable bonds is 3. The smallest absolute Gasteiger partial charge is 0.147 e. The minimum absolute atomic E-state index is 0.692. The molecule has 0 spiro atoms. The van der Waals surface area contributed by atoms with Gasteiger partial charge in [0, 0.05) is 10.6 Å². The van der Waals surface area contributed by atoms with E-state index in [0.717, 1.165) is 28.5 Å². The first-order valence-electron chi connectivity index (χ1n) is 6.13. The lowest BCUT2D eigenvalue weighted by Crippen LogP contribution is -1.95. The summed E-state index contributed by atoms with van der Waals surface area (Å²) < 4.78 is 4.89. The molecule has 0 bridgehead atoms. The van der Waals surface area contributed by atoms with Crippen molar-refractivity contribution in [3.05, 3.63) is 59.4 Å². The molecule has 5 heteroatoms. The van der Waals surface area contributed by atoms with E-state index in [4.69, 9.17) is 16.1 Å². The van der Waals surface area contributed by atoms with Crippen LogP contribution in [0.3, 0.4) is 0 Å². The number of benzene rings is 1. The molecule has 1 N–H and O–H groups in total. The first-order valence-corrected chi connectivity index (χ1v) is 6.51. The third kappa shape index (κ3) is 2.65. The van der Waals surface area contributed by atoms with Gasteiger partial charge in [0.15, 0.2) is 0 Å². The largest absolute Gasteiger partial charge is 0.362 e. The quantitative estimate of drug-likeness (QED) is 0.773. The van der Waals surface area contributed by atoms with Crippen LogP contribution in [0.25, 0.3) is 11.3 Å². The molecule has 2 aromatic heterocycles. The van der Waals surface area contributed by atoms with Gasteiger partial charge in [-0.25, -0.2) is 4.98 Å². The van der Waals surface area contributed by atoms with Gasteiger partial charge in [-0.2, -0.15) is 0 Å². The molecular formula is C15H12ClN3O. The number of hydrogen-bond donors (Lipinski definition) is 1. The molecule has 20 heavy (non-hydrogen) atoms. The molecule has 0 aliphatic rings. The van der Waals surface area contributed by atoms with Crippen molar-refractivity contribution in [2.24, 2.45) is 0 Å². The predicted molar refractivity (Wildman–Crippen MR) is 79.2 cm³/mol. The second-order valence-corrected chi connectivity index (χ2v) is 4.79. The summed E-state index contributed by atoms with van der Waals surface area (Å²) in [6.45, 7) is 1.87. The maximum Gasteiger partial charge on any atom is 0.147 e. The van der Waals surface area contributed by atoms with E-state index in [1.165, 1.54) is 0 Å². The van der Waals surface area contributed by atoms with E-state index in [1.54, 1.807) is 6.26 Å². The van der Waals surface area contributed by atoms with Crippen molar-refractivity contribution in [1.82, 2.24) is 10.1 Å². The van der Waals surface area contributed by atoms with Gasteiger partial charge in [0.1, 0.15) is 23.5 Å². The van der Waals surface area contributed by atoms with E-state index in [-0.39, 0.29) is 0 Å². The lowest BCUT2D eigenvalue weighted by molar-refractivity contribution is 0.415. The Morgan fingerprint density at radius 3 is 2.75 bits per heavy atom. The Bertz CT molecular complexity index is 739. The fourth-order valence-electron chi connectivity index (χ4n) is 1.86. The lowest BCUT2D eigenvalue weighted by Gasteiger charge is -2.06. The maximum atomic E-state index is 6.01. The average molecular weight is 286 g/mol. The summed E-state index contributed by atoms with van der Waals surface area (Å²) in [7, 11) is 0. The third-order valence-electron chi connectivity index (χ3n) is 2.88. The van der Waals surface area contributed by atoms with Crippen molar-refractivity contribution in [3.63, 3.8) is 0 Å². The Morgan fingerprint density at radius 1 is 1.15 bits per heavy atom. The number of anilines is 2. The van der Waals surface area contributed by atoms with E-state index < -0.39 is 0 Å². The van der Waals surface area contributed by atoms with Gasteiger partial charge in [-0.1, -0.05) is 35.0 Å². The third-order valence-corrected chi connectivity index (χ3v) is 3.12. The number of nitrogens with one attached hydrogen (secondary N) is 1. The van der Waals surface area contributed by atoms with Gasteiger partial charge >= 0.3 is 0 Å². The van der Waals surface area contributed by atoms with Crippen molar-refractivity contribution in [3.8, 4) is 11.3 Å².